The van der Waals surface area contributed by atoms with Gasteiger partial charge in [-0.2, -0.15) is 0 Å². The summed E-state index contributed by atoms with van der Waals surface area (Å²) >= 11 is 5.89. The highest BCUT2D eigenvalue weighted by atomic mass is 35.5. The number of ether oxygens (including phenoxy) is 1. The summed E-state index contributed by atoms with van der Waals surface area (Å²) in [6, 6.07) is 13.4. The van der Waals surface area contributed by atoms with Crippen molar-refractivity contribution in [2.75, 3.05) is 0 Å². The van der Waals surface area contributed by atoms with Gasteiger partial charge in [-0.1, -0.05) is 23.7 Å². The van der Waals surface area contributed by atoms with E-state index >= 15 is 0 Å². The van der Waals surface area contributed by atoms with Gasteiger partial charge in [-0.15, -0.1) is 0 Å². The molecule has 2 aromatic rings. The Morgan fingerprint density at radius 2 is 1.62 bits per heavy atom. The quantitative estimate of drug-likeness (QED) is 0.726. The van der Waals surface area contributed by atoms with Crippen molar-refractivity contribution in [1.29, 1.82) is 0 Å². The number of rotatable bonds is 2. The van der Waals surface area contributed by atoms with Gasteiger partial charge >= 0.3 is 0 Å². The molecule has 0 saturated carbocycles. The molecule has 0 N–H and O–H groups in total. The third-order valence-corrected chi connectivity index (χ3v) is 2.75. The van der Waals surface area contributed by atoms with Crippen molar-refractivity contribution < 1.29 is 4.74 Å². The van der Waals surface area contributed by atoms with E-state index in [2.05, 4.69) is 19.9 Å². The van der Waals surface area contributed by atoms with Crippen LogP contribution in [0.5, 0.6) is 11.5 Å². The zero-order valence-electron chi connectivity index (χ0n) is 9.33. The second kappa shape index (κ2) is 4.58. The Morgan fingerprint density at radius 1 is 0.875 bits per heavy atom. The van der Waals surface area contributed by atoms with Crippen LogP contribution in [0.1, 0.15) is 11.1 Å². The van der Waals surface area contributed by atoms with Gasteiger partial charge in [-0.05, 0) is 55.3 Å². The van der Waals surface area contributed by atoms with Gasteiger partial charge in [0.15, 0.2) is 0 Å². The molecule has 0 heterocycles. The summed E-state index contributed by atoms with van der Waals surface area (Å²) in [5, 5.41) is 0.682. The fourth-order valence-corrected chi connectivity index (χ4v) is 1.62. The van der Waals surface area contributed by atoms with Gasteiger partial charge in [0, 0.05) is 5.02 Å². The minimum absolute atomic E-state index is 0.682. The van der Waals surface area contributed by atoms with E-state index in [-0.39, 0.29) is 0 Å². The van der Waals surface area contributed by atoms with Crippen LogP contribution in [0.25, 0.3) is 0 Å². The number of hydrogen-bond donors (Lipinski definition) is 0. The van der Waals surface area contributed by atoms with Crippen LogP contribution < -0.4 is 4.74 Å². The maximum Gasteiger partial charge on any atom is 0.128 e. The molecular formula is C14H13ClO. The Kier molecular flexibility index (Phi) is 3.16. The molecule has 2 aromatic carbocycles. The van der Waals surface area contributed by atoms with Crippen molar-refractivity contribution in [3.63, 3.8) is 0 Å². The molecule has 82 valence electrons. The highest BCUT2D eigenvalue weighted by Crippen LogP contribution is 2.25. The van der Waals surface area contributed by atoms with E-state index in [0.717, 1.165) is 11.5 Å². The molecule has 1 nitrogen and oxygen atoms in total. The zero-order chi connectivity index (χ0) is 11.5. The van der Waals surface area contributed by atoms with Gasteiger partial charge in [0.2, 0.25) is 0 Å². The predicted octanol–water partition coefficient (Wildman–Crippen LogP) is 4.75. The molecule has 0 saturated heterocycles. The molecular weight excluding hydrogens is 220 g/mol. The van der Waals surface area contributed by atoms with Crippen LogP contribution in [-0.4, -0.2) is 0 Å². The summed E-state index contributed by atoms with van der Waals surface area (Å²) in [4.78, 5) is 0. The highest BCUT2D eigenvalue weighted by molar-refractivity contribution is 6.30. The first-order valence-corrected chi connectivity index (χ1v) is 5.53. The van der Waals surface area contributed by atoms with E-state index in [4.69, 9.17) is 16.3 Å². The van der Waals surface area contributed by atoms with Gasteiger partial charge in [0.1, 0.15) is 11.5 Å². The summed E-state index contributed by atoms with van der Waals surface area (Å²) in [6.07, 6.45) is 0. The number of halogens is 1. The second-order valence-electron chi connectivity index (χ2n) is 3.81. The Bertz CT molecular complexity index is 506. The lowest BCUT2D eigenvalue weighted by Gasteiger charge is -2.07. The van der Waals surface area contributed by atoms with Crippen LogP contribution in [0.3, 0.4) is 0 Å². The topological polar surface area (TPSA) is 9.23 Å². The Hall–Kier alpha value is -1.47. The molecule has 0 amide bonds. The lowest BCUT2D eigenvalue weighted by Crippen LogP contribution is -1.86. The second-order valence-corrected chi connectivity index (χ2v) is 4.24. The van der Waals surface area contributed by atoms with Crippen molar-refractivity contribution in [2.45, 2.75) is 13.8 Å². The molecule has 0 radical (unpaired) electrons. The smallest absolute Gasteiger partial charge is 0.128 e. The Balaban J connectivity index is 2.24. The molecule has 0 bridgehead atoms. The Labute approximate surface area is 101 Å². The van der Waals surface area contributed by atoms with Crippen molar-refractivity contribution in [2.24, 2.45) is 0 Å². The maximum absolute atomic E-state index is 5.89. The largest absolute Gasteiger partial charge is 0.457 e. The molecule has 16 heavy (non-hydrogen) atoms. The fourth-order valence-electron chi connectivity index (χ4n) is 1.44. The molecule has 0 unspecified atom stereocenters. The van der Waals surface area contributed by atoms with Crippen LogP contribution in [-0.2, 0) is 0 Å². The fraction of sp³-hybridized carbons (Fsp3) is 0.143. The predicted molar refractivity (Wildman–Crippen MR) is 67.4 cm³/mol. The summed E-state index contributed by atoms with van der Waals surface area (Å²) < 4.78 is 5.71. The molecule has 2 heteroatoms. The van der Waals surface area contributed by atoms with Gasteiger partial charge in [-0.3, -0.25) is 0 Å². The minimum atomic E-state index is 0.682. The van der Waals surface area contributed by atoms with Gasteiger partial charge in [-0.25, -0.2) is 0 Å². The number of benzene rings is 2. The average Bonchev–Trinajstić information content (AvgIpc) is 2.24. The molecule has 0 aromatic heterocycles. The van der Waals surface area contributed by atoms with E-state index in [1.165, 1.54) is 11.1 Å². The van der Waals surface area contributed by atoms with Crippen molar-refractivity contribution in [3.05, 3.63) is 58.6 Å². The number of hydrogen-bond acceptors (Lipinski definition) is 1. The molecule has 0 fully saturated rings. The van der Waals surface area contributed by atoms with Crippen LogP contribution in [0.2, 0.25) is 5.02 Å². The van der Waals surface area contributed by atoms with Gasteiger partial charge in [0.25, 0.3) is 0 Å². The van der Waals surface area contributed by atoms with Gasteiger partial charge in [0.05, 0.1) is 0 Å². The van der Waals surface area contributed by atoms with E-state index in [1.807, 2.05) is 30.3 Å². The SMILES string of the molecule is Cc1ccc(Oc2cccc(Cl)c2)cc1C. The molecule has 0 spiro atoms. The van der Waals surface area contributed by atoms with Crippen molar-refractivity contribution in [3.8, 4) is 11.5 Å². The third kappa shape index (κ3) is 2.56. The van der Waals surface area contributed by atoms with Crippen molar-refractivity contribution in [1.82, 2.24) is 0 Å². The first kappa shape index (κ1) is 11.0. The standard InChI is InChI=1S/C14H13ClO/c1-10-6-7-14(8-11(10)2)16-13-5-3-4-12(15)9-13/h3-9H,1-2H3. The lowest BCUT2D eigenvalue weighted by molar-refractivity contribution is 0.482. The zero-order valence-corrected chi connectivity index (χ0v) is 10.1. The molecule has 0 aliphatic rings. The highest BCUT2D eigenvalue weighted by Gasteiger charge is 1.99. The maximum atomic E-state index is 5.89. The average molecular weight is 233 g/mol. The molecule has 0 aliphatic carbocycles. The van der Waals surface area contributed by atoms with Gasteiger partial charge < -0.3 is 4.74 Å². The lowest BCUT2D eigenvalue weighted by atomic mass is 10.1. The molecule has 2 rings (SSSR count). The minimum Gasteiger partial charge on any atom is -0.457 e. The summed E-state index contributed by atoms with van der Waals surface area (Å²) in [7, 11) is 0. The summed E-state index contributed by atoms with van der Waals surface area (Å²) in [5.41, 5.74) is 2.48. The van der Waals surface area contributed by atoms with Crippen LogP contribution >= 0.6 is 11.6 Å². The van der Waals surface area contributed by atoms with Crippen LogP contribution in [0.4, 0.5) is 0 Å². The molecule has 0 atom stereocenters. The first-order chi connectivity index (χ1) is 7.65. The van der Waals surface area contributed by atoms with Crippen LogP contribution in [0.15, 0.2) is 42.5 Å². The van der Waals surface area contributed by atoms with Crippen LogP contribution in [0, 0.1) is 13.8 Å². The number of aryl methyl sites for hydroxylation is 2. The normalized spacial score (nSPS) is 10.2. The monoisotopic (exact) mass is 232 g/mol. The van der Waals surface area contributed by atoms with E-state index in [0.29, 0.717) is 5.02 Å². The van der Waals surface area contributed by atoms with E-state index in [1.54, 1.807) is 6.07 Å². The van der Waals surface area contributed by atoms with Crippen molar-refractivity contribution >= 4 is 11.6 Å². The first-order valence-electron chi connectivity index (χ1n) is 5.16. The molecule has 0 aliphatic heterocycles. The summed E-state index contributed by atoms with van der Waals surface area (Å²) in [6.45, 7) is 4.15. The summed E-state index contributed by atoms with van der Waals surface area (Å²) in [5.74, 6) is 1.60. The third-order valence-electron chi connectivity index (χ3n) is 2.51. The Morgan fingerprint density at radius 3 is 2.31 bits per heavy atom. The van der Waals surface area contributed by atoms with E-state index < -0.39 is 0 Å². The van der Waals surface area contributed by atoms with E-state index in [9.17, 15) is 0 Å².